The SMILES string of the molecule is Cc1noc([C@@H]2CN(C[C@@]3(C)CCCS3)CCN2C)n1. The third-order valence-corrected chi connectivity index (χ3v) is 5.94. The summed E-state index contributed by atoms with van der Waals surface area (Å²) in [6.07, 6.45) is 2.70. The zero-order chi connectivity index (χ0) is 14.2. The molecule has 0 unspecified atom stereocenters. The van der Waals surface area contributed by atoms with E-state index in [9.17, 15) is 0 Å². The van der Waals surface area contributed by atoms with Crippen LogP contribution in [0.2, 0.25) is 0 Å². The molecule has 2 fully saturated rings. The topological polar surface area (TPSA) is 45.4 Å². The summed E-state index contributed by atoms with van der Waals surface area (Å²) in [6.45, 7) is 8.66. The van der Waals surface area contributed by atoms with E-state index >= 15 is 0 Å². The normalized spacial score (nSPS) is 32.9. The zero-order valence-electron chi connectivity index (χ0n) is 12.6. The first-order valence-electron chi connectivity index (χ1n) is 7.42. The van der Waals surface area contributed by atoms with Crippen LogP contribution in [-0.2, 0) is 0 Å². The summed E-state index contributed by atoms with van der Waals surface area (Å²) in [5, 5.41) is 3.93. The summed E-state index contributed by atoms with van der Waals surface area (Å²) in [6, 6.07) is 0.236. The molecule has 0 radical (unpaired) electrons. The van der Waals surface area contributed by atoms with Gasteiger partial charge in [0, 0.05) is 30.9 Å². The van der Waals surface area contributed by atoms with Crippen LogP contribution in [0.1, 0.15) is 37.5 Å². The minimum Gasteiger partial charge on any atom is -0.338 e. The van der Waals surface area contributed by atoms with Gasteiger partial charge in [0.05, 0.1) is 0 Å². The number of piperazine rings is 1. The maximum absolute atomic E-state index is 5.38. The van der Waals surface area contributed by atoms with Crippen molar-refractivity contribution in [3.63, 3.8) is 0 Å². The molecule has 6 heteroatoms. The van der Waals surface area contributed by atoms with Gasteiger partial charge >= 0.3 is 0 Å². The summed E-state index contributed by atoms with van der Waals surface area (Å²) >= 11 is 2.13. The van der Waals surface area contributed by atoms with E-state index in [1.54, 1.807) is 0 Å². The highest BCUT2D eigenvalue weighted by Gasteiger charge is 2.36. The highest BCUT2D eigenvalue weighted by molar-refractivity contribution is 8.00. The molecule has 0 saturated carbocycles. The number of likely N-dealkylation sites (N-methyl/N-ethyl adjacent to an activating group) is 1. The Kier molecular flexibility index (Phi) is 4.06. The number of nitrogens with zero attached hydrogens (tertiary/aromatic N) is 4. The van der Waals surface area contributed by atoms with Gasteiger partial charge in [-0.05, 0) is 39.5 Å². The third-order valence-electron chi connectivity index (χ3n) is 4.42. The van der Waals surface area contributed by atoms with Crippen molar-refractivity contribution in [2.45, 2.75) is 37.5 Å². The number of hydrogen-bond donors (Lipinski definition) is 0. The summed E-state index contributed by atoms with van der Waals surface area (Å²) in [5.41, 5.74) is 0. The van der Waals surface area contributed by atoms with Gasteiger partial charge in [0.15, 0.2) is 5.82 Å². The van der Waals surface area contributed by atoms with E-state index in [0.29, 0.717) is 4.75 Å². The van der Waals surface area contributed by atoms with Gasteiger partial charge in [0.25, 0.3) is 0 Å². The van der Waals surface area contributed by atoms with Crippen molar-refractivity contribution in [3.05, 3.63) is 11.7 Å². The lowest BCUT2D eigenvalue weighted by molar-refractivity contribution is 0.0706. The molecule has 2 saturated heterocycles. The van der Waals surface area contributed by atoms with E-state index in [0.717, 1.165) is 31.3 Å². The molecule has 0 N–H and O–H groups in total. The minimum atomic E-state index is 0.236. The number of hydrogen-bond acceptors (Lipinski definition) is 6. The standard InChI is InChI=1S/C14H24N4OS/c1-11-15-13(19-16-11)12-9-18(7-6-17(12)3)10-14(2)5-4-8-20-14/h12H,4-10H2,1-3H3/t12-,14+/m0/s1. The fourth-order valence-electron chi connectivity index (χ4n) is 3.22. The van der Waals surface area contributed by atoms with E-state index in [1.807, 2.05) is 6.92 Å². The molecule has 0 bridgehead atoms. The smallest absolute Gasteiger partial charge is 0.245 e. The number of thioether (sulfide) groups is 1. The largest absolute Gasteiger partial charge is 0.338 e. The summed E-state index contributed by atoms with van der Waals surface area (Å²) < 4.78 is 5.82. The van der Waals surface area contributed by atoms with Crippen LogP contribution in [-0.4, -0.2) is 63.7 Å². The van der Waals surface area contributed by atoms with Crippen molar-refractivity contribution in [1.82, 2.24) is 19.9 Å². The van der Waals surface area contributed by atoms with Crippen molar-refractivity contribution in [3.8, 4) is 0 Å². The quantitative estimate of drug-likeness (QED) is 0.849. The van der Waals surface area contributed by atoms with Crippen LogP contribution in [0.4, 0.5) is 0 Å². The van der Waals surface area contributed by atoms with E-state index in [1.165, 1.54) is 25.1 Å². The lowest BCUT2D eigenvalue weighted by Gasteiger charge is -2.40. The molecule has 1 aromatic rings. The van der Waals surface area contributed by atoms with Crippen molar-refractivity contribution in [2.24, 2.45) is 0 Å². The molecule has 5 nitrogen and oxygen atoms in total. The van der Waals surface area contributed by atoms with Crippen LogP contribution < -0.4 is 0 Å². The Bertz CT molecular complexity index is 458. The second kappa shape index (κ2) is 5.66. The maximum atomic E-state index is 5.38. The number of aromatic nitrogens is 2. The van der Waals surface area contributed by atoms with E-state index in [4.69, 9.17) is 4.52 Å². The van der Waals surface area contributed by atoms with Crippen molar-refractivity contribution < 1.29 is 4.52 Å². The number of rotatable bonds is 3. The first kappa shape index (κ1) is 14.4. The molecule has 0 spiro atoms. The zero-order valence-corrected chi connectivity index (χ0v) is 13.4. The lowest BCUT2D eigenvalue weighted by atomic mass is 10.0. The van der Waals surface area contributed by atoms with Crippen LogP contribution in [0.15, 0.2) is 4.52 Å². The third kappa shape index (κ3) is 3.02. The molecule has 2 aliphatic rings. The van der Waals surface area contributed by atoms with Crippen molar-refractivity contribution >= 4 is 11.8 Å². The van der Waals surface area contributed by atoms with Gasteiger partial charge in [-0.25, -0.2) is 0 Å². The van der Waals surface area contributed by atoms with Gasteiger partial charge in [0.1, 0.15) is 6.04 Å². The molecule has 0 aromatic carbocycles. The van der Waals surface area contributed by atoms with Crippen LogP contribution in [0, 0.1) is 6.92 Å². The van der Waals surface area contributed by atoms with Crippen LogP contribution >= 0.6 is 11.8 Å². The summed E-state index contributed by atoms with van der Waals surface area (Å²) in [7, 11) is 2.15. The summed E-state index contributed by atoms with van der Waals surface area (Å²) in [4.78, 5) is 9.32. The summed E-state index contributed by atoms with van der Waals surface area (Å²) in [5.74, 6) is 2.80. The number of aryl methyl sites for hydroxylation is 1. The maximum Gasteiger partial charge on any atom is 0.245 e. The fraction of sp³-hybridized carbons (Fsp3) is 0.857. The average molecular weight is 296 g/mol. The lowest BCUT2D eigenvalue weighted by Crippen LogP contribution is -2.50. The van der Waals surface area contributed by atoms with Crippen molar-refractivity contribution in [1.29, 1.82) is 0 Å². The van der Waals surface area contributed by atoms with Gasteiger partial charge in [-0.1, -0.05) is 5.16 Å². The molecule has 2 atom stereocenters. The van der Waals surface area contributed by atoms with Crippen LogP contribution in [0.3, 0.4) is 0 Å². The second-order valence-corrected chi connectivity index (χ2v) is 8.00. The molecule has 0 aliphatic carbocycles. The van der Waals surface area contributed by atoms with E-state index < -0.39 is 0 Å². The molecule has 2 aliphatic heterocycles. The Labute approximate surface area is 125 Å². The Morgan fingerprint density at radius 3 is 2.95 bits per heavy atom. The molecule has 3 rings (SSSR count). The Balaban J connectivity index is 1.66. The van der Waals surface area contributed by atoms with Gasteiger partial charge in [0.2, 0.25) is 5.89 Å². The molecular weight excluding hydrogens is 272 g/mol. The van der Waals surface area contributed by atoms with Crippen LogP contribution in [0.25, 0.3) is 0 Å². The Morgan fingerprint density at radius 2 is 2.30 bits per heavy atom. The second-order valence-electron chi connectivity index (χ2n) is 6.31. The molecular formula is C14H24N4OS. The van der Waals surface area contributed by atoms with Gasteiger partial charge in [-0.2, -0.15) is 16.7 Å². The predicted octanol–water partition coefficient (Wildman–Crippen LogP) is 1.95. The van der Waals surface area contributed by atoms with Crippen molar-refractivity contribution in [2.75, 3.05) is 39.0 Å². The van der Waals surface area contributed by atoms with Gasteiger partial charge < -0.3 is 4.52 Å². The average Bonchev–Trinajstić information content (AvgIpc) is 3.01. The Morgan fingerprint density at radius 1 is 1.45 bits per heavy atom. The van der Waals surface area contributed by atoms with Gasteiger partial charge in [-0.15, -0.1) is 0 Å². The Hall–Kier alpha value is -0.590. The highest BCUT2D eigenvalue weighted by Crippen LogP contribution is 2.39. The first-order valence-corrected chi connectivity index (χ1v) is 8.41. The fourth-order valence-corrected chi connectivity index (χ4v) is 4.57. The monoisotopic (exact) mass is 296 g/mol. The molecule has 20 heavy (non-hydrogen) atoms. The highest BCUT2D eigenvalue weighted by atomic mass is 32.2. The predicted molar refractivity (Wildman–Crippen MR) is 80.9 cm³/mol. The molecule has 3 heterocycles. The van der Waals surface area contributed by atoms with E-state index in [-0.39, 0.29) is 6.04 Å². The van der Waals surface area contributed by atoms with Gasteiger partial charge in [-0.3, -0.25) is 9.80 Å². The van der Waals surface area contributed by atoms with E-state index in [2.05, 4.69) is 45.7 Å². The minimum absolute atomic E-state index is 0.236. The molecule has 0 amide bonds. The molecule has 1 aromatic heterocycles. The van der Waals surface area contributed by atoms with Crippen LogP contribution in [0.5, 0.6) is 0 Å². The molecule has 112 valence electrons. The first-order chi connectivity index (χ1) is 9.56.